The Morgan fingerprint density at radius 2 is 2.13 bits per heavy atom. The van der Waals surface area contributed by atoms with Gasteiger partial charge >= 0.3 is 5.97 Å². The molecule has 1 atom stereocenters. The molecule has 1 unspecified atom stereocenters. The van der Waals surface area contributed by atoms with Crippen LogP contribution >= 0.6 is 0 Å². The lowest BCUT2D eigenvalue weighted by molar-refractivity contribution is -0.141. The molecular formula is C17H21NO5. The van der Waals surface area contributed by atoms with Gasteiger partial charge in [-0.15, -0.1) is 0 Å². The summed E-state index contributed by atoms with van der Waals surface area (Å²) in [5.41, 5.74) is 0.382. The number of benzene rings is 1. The summed E-state index contributed by atoms with van der Waals surface area (Å²) in [6.45, 7) is 5.43. The fraction of sp³-hybridized carbons (Fsp3) is 0.412. The summed E-state index contributed by atoms with van der Waals surface area (Å²) >= 11 is 0. The molecule has 0 heterocycles. The van der Waals surface area contributed by atoms with Gasteiger partial charge in [0, 0.05) is 11.6 Å². The number of hydrogen-bond donors (Lipinski definition) is 1. The van der Waals surface area contributed by atoms with Gasteiger partial charge in [0.05, 0.1) is 7.11 Å². The normalized spacial score (nSPS) is 14.7. The third-order valence-electron chi connectivity index (χ3n) is 3.72. The highest BCUT2D eigenvalue weighted by molar-refractivity contribution is 5.97. The average Bonchev–Trinajstić information content (AvgIpc) is 3.37. The number of carbonyl (C=O) groups excluding carboxylic acids is 1. The van der Waals surface area contributed by atoms with E-state index >= 15 is 0 Å². The molecule has 0 saturated heterocycles. The predicted octanol–water partition coefficient (Wildman–Crippen LogP) is 2.34. The smallest absolute Gasteiger partial charge is 0.326 e. The maximum atomic E-state index is 12.7. The molecule has 0 aliphatic heterocycles. The number of hydrogen-bond acceptors (Lipinski definition) is 4. The first-order chi connectivity index (χ1) is 11.0. The SMILES string of the molecule is C=CCOc1ccc(C(=O)N(C2CC2)C(C)C(=O)O)cc1OC. The Kier molecular flexibility index (Phi) is 5.26. The van der Waals surface area contributed by atoms with Gasteiger partial charge in [-0.25, -0.2) is 4.79 Å². The maximum absolute atomic E-state index is 12.7. The summed E-state index contributed by atoms with van der Waals surface area (Å²) in [4.78, 5) is 25.4. The van der Waals surface area contributed by atoms with Crippen molar-refractivity contribution >= 4 is 11.9 Å². The highest BCUT2D eigenvalue weighted by atomic mass is 16.5. The van der Waals surface area contributed by atoms with Crippen molar-refractivity contribution in [3.8, 4) is 11.5 Å². The number of amides is 1. The van der Waals surface area contributed by atoms with E-state index in [1.807, 2.05) is 0 Å². The number of carboxylic acid groups (broad SMARTS) is 1. The molecule has 6 heteroatoms. The van der Waals surface area contributed by atoms with E-state index in [0.717, 1.165) is 12.8 Å². The van der Waals surface area contributed by atoms with Crippen LogP contribution in [0.15, 0.2) is 30.9 Å². The first-order valence-corrected chi connectivity index (χ1v) is 7.46. The van der Waals surface area contributed by atoms with Crippen LogP contribution in [0.2, 0.25) is 0 Å². The van der Waals surface area contributed by atoms with E-state index in [9.17, 15) is 14.7 Å². The molecule has 0 spiro atoms. The summed E-state index contributed by atoms with van der Waals surface area (Å²) < 4.78 is 10.7. The maximum Gasteiger partial charge on any atom is 0.326 e. The monoisotopic (exact) mass is 319 g/mol. The molecule has 6 nitrogen and oxygen atoms in total. The van der Waals surface area contributed by atoms with Crippen LogP contribution in [-0.2, 0) is 4.79 Å². The van der Waals surface area contributed by atoms with Gasteiger partial charge in [0.25, 0.3) is 5.91 Å². The molecule has 0 aromatic heterocycles. The van der Waals surface area contributed by atoms with Crippen LogP contribution < -0.4 is 9.47 Å². The standard InChI is InChI=1S/C17H21NO5/c1-4-9-23-14-8-5-12(10-15(14)22-3)16(19)18(13-6-7-13)11(2)17(20)21/h4-5,8,10-11,13H,1,6-7,9H2,2-3H3,(H,20,21). The minimum atomic E-state index is -1.01. The molecule has 1 aromatic carbocycles. The molecular weight excluding hydrogens is 298 g/mol. The molecule has 1 aromatic rings. The van der Waals surface area contributed by atoms with E-state index in [4.69, 9.17) is 9.47 Å². The Hall–Kier alpha value is -2.50. The van der Waals surface area contributed by atoms with Gasteiger partial charge in [0.1, 0.15) is 12.6 Å². The molecule has 1 aliphatic rings. The van der Waals surface area contributed by atoms with Gasteiger partial charge in [-0.3, -0.25) is 4.79 Å². The summed E-state index contributed by atoms with van der Waals surface area (Å²) in [7, 11) is 1.49. The zero-order valence-corrected chi connectivity index (χ0v) is 13.3. The Labute approximate surface area is 135 Å². The number of aliphatic carboxylic acids is 1. The largest absolute Gasteiger partial charge is 0.493 e. The predicted molar refractivity (Wildman–Crippen MR) is 85.0 cm³/mol. The molecule has 1 aliphatic carbocycles. The molecule has 124 valence electrons. The van der Waals surface area contributed by atoms with E-state index in [1.54, 1.807) is 24.3 Å². The van der Waals surface area contributed by atoms with Gasteiger partial charge < -0.3 is 19.5 Å². The Morgan fingerprint density at radius 3 is 2.65 bits per heavy atom. The first-order valence-electron chi connectivity index (χ1n) is 7.46. The fourth-order valence-corrected chi connectivity index (χ4v) is 2.35. The topological polar surface area (TPSA) is 76.1 Å². The quantitative estimate of drug-likeness (QED) is 0.744. The Bertz CT molecular complexity index is 609. The number of carbonyl (C=O) groups is 2. The van der Waals surface area contributed by atoms with Crippen molar-refractivity contribution in [1.82, 2.24) is 4.90 Å². The first kappa shape index (κ1) is 16.9. The number of methoxy groups -OCH3 is 1. The lowest BCUT2D eigenvalue weighted by Gasteiger charge is -2.26. The number of ether oxygens (including phenoxy) is 2. The summed E-state index contributed by atoms with van der Waals surface area (Å²) in [6.07, 6.45) is 3.28. The van der Waals surface area contributed by atoms with Crippen LogP contribution in [0.3, 0.4) is 0 Å². The molecule has 1 N–H and O–H groups in total. The molecule has 23 heavy (non-hydrogen) atoms. The van der Waals surface area contributed by atoms with Crippen molar-refractivity contribution in [2.75, 3.05) is 13.7 Å². The van der Waals surface area contributed by atoms with Crippen LogP contribution in [0.4, 0.5) is 0 Å². The van der Waals surface area contributed by atoms with Gasteiger partial charge in [-0.1, -0.05) is 12.7 Å². The van der Waals surface area contributed by atoms with Crippen molar-refractivity contribution < 1.29 is 24.2 Å². The second-order valence-electron chi connectivity index (χ2n) is 5.42. The van der Waals surface area contributed by atoms with E-state index in [-0.39, 0.29) is 11.9 Å². The molecule has 1 saturated carbocycles. The van der Waals surface area contributed by atoms with Crippen molar-refractivity contribution in [3.05, 3.63) is 36.4 Å². The number of nitrogens with zero attached hydrogens (tertiary/aromatic N) is 1. The molecule has 1 fully saturated rings. The van der Waals surface area contributed by atoms with Crippen molar-refractivity contribution in [2.45, 2.75) is 31.8 Å². The van der Waals surface area contributed by atoms with E-state index in [0.29, 0.717) is 23.7 Å². The Morgan fingerprint density at radius 1 is 1.43 bits per heavy atom. The molecule has 0 radical (unpaired) electrons. The average molecular weight is 319 g/mol. The molecule has 1 amide bonds. The van der Waals surface area contributed by atoms with Crippen LogP contribution in [0.5, 0.6) is 11.5 Å². The van der Waals surface area contributed by atoms with E-state index < -0.39 is 12.0 Å². The van der Waals surface area contributed by atoms with E-state index in [1.165, 1.54) is 18.9 Å². The number of carboxylic acids is 1. The zero-order chi connectivity index (χ0) is 17.0. The summed E-state index contributed by atoms with van der Waals surface area (Å²) in [5.74, 6) is -0.385. The van der Waals surface area contributed by atoms with Crippen LogP contribution in [-0.4, -0.2) is 47.7 Å². The zero-order valence-electron chi connectivity index (χ0n) is 13.3. The number of rotatable bonds is 8. The van der Waals surface area contributed by atoms with Gasteiger partial charge in [-0.05, 0) is 38.0 Å². The minimum absolute atomic E-state index is 0.00344. The fourth-order valence-electron chi connectivity index (χ4n) is 2.35. The third kappa shape index (κ3) is 3.83. The van der Waals surface area contributed by atoms with Crippen molar-refractivity contribution in [1.29, 1.82) is 0 Å². The third-order valence-corrected chi connectivity index (χ3v) is 3.72. The van der Waals surface area contributed by atoms with Crippen LogP contribution in [0.25, 0.3) is 0 Å². The molecule has 2 rings (SSSR count). The van der Waals surface area contributed by atoms with Gasteiger partial charge in [0.15, 0.2) is 11.5 Å². The van der Waals surface area contributed by atoms with Crippen molar-refractivity contribution in [3.63, 3.8) is 0 Å². The second kappa shape index (κ2) is 7.17. The van der Waals surface area contributed by atoms with Gasteiger partial charge in [-0.2, -0.15) is 0 Å². The second-order valence-corrected chi connectivity index (χ2v) is 5.42. The van der Waals surface area contributed by atoms with Crippen LogP contribution in [0.1, 0.15) is 30.1 Å². The highest BCUT2D eigenvalue weighted by Gasteiger charge is 2.38. The Balaban J connectivity index is 2.26. The summed E-state index contributed by atoms with van der Waals surface area (Å²) in [5, 5.41) is 9.22. The van der Waals surface area contributed by atoms with Crippen LogP contribution in [0, 0.1) is 0 Å². The highest BCUT2D eigenvalue weighted by Crippen LogP contribution is 2.33. The summed E-state index contributed by atoms with van der Waals surface area (Å²) in [6, 6.07) is 3.97. The lowest BCUT2D eigenvalue weighted by atomic mass is 10.1. The molecule has 0 bridgehead atoms. The minimum Gasteiger partial charge on any atom is -0.493 e. The van der Waals surface area contributed by atoms with E-state index in [2.05, 4.69) is 6.58 Å². The lowest BCUT2D eigenvalue weighted by Crippen LogP contribution is -2.44. The van der Waals surface area contributed by atoms with Gasteiger partial charge in [0.2, 0.25) is 0 Å². The van der Waals surface area contributed by atoms with Crippen molar-refractivity contribution in [2.24, 2.45) is 0 Å².